The molecule has 0 bridgehead atoms. The molecule has 3 aliphatic heterocycles. The Hall–Kier alpha value is -0.930. The van der Waals surface area contributed by atoms with Crippen LogP contribution < -0.4 is 15.8 Å². The average molecular weight is 272 g/mol. The zero-order valence-corrected chi connectivity index (χ0v) is 12.0. The normalized spacial score (nSPS) is 30.2. The highest BCUT2D eigenvalue weighted by Gasteiger charge is 2.36. The van der Waals surface area contributed by atoms with Gasteiger partial charge in [0.15, 0.2) is 0 Å². The Bertz CT molecular complexity index is 589. The first-order valence-electron chi connectivity index (χ1n) is 7.34. The van der Waals surface area contributed by atoms with Gasteiger partial charge in [-0.1, -0.05) is 30.7 Å². The zero-order chi connectivity index (χ0) is 12.7. The molecule has 3 heteroatoms. The van der Waals surface area contributed by atoms with Crippen molar-refractivity contribution in [3.8, 4) is 0 Å². The van der Waals surface area contributed by atoms with E-state index < -0.39 is 0 Å². The topological polar surface area (TPSA) is 15.3 Å². The number of hydrogen-bond acceptors (Lipinski definition) is 3. The number of likely N-dealkylation sites (tertiary alicyclic amines) is 1. The summed E-state index contributed by atoms with van der Waals surface area (Å²) in [5.41, 5.74) is 1.63. The van der Waals surface area contributed by atoms with E-state index in [2.05, 4.69) is 52.4 Å². The number of rotatable bonds is 1. The SMILES string of the molecule is C1=c2ccccc2=C2C(N1)SCC2N1CCCCC1. The van der Waals surface area contributed by atoms with Gasteiger partial charge in [-0.15, -0.1) is 11.8 Å². The standard InChI is InChI=1S/C16H20N2S/c1-4-8-18(9-5-1)14-11-19-16-15(14)13-7-3-2-6-12(13)10-17-16/h2-3,6-7,10,14,16-17H,1,4-5,8-9,11H2. The third kappa shape index (κ3) is 2.00. The van der Waals surface area contributed by atoms with Gasteiger partial charge < -0.3 is 5.32 Å². The lowest BCUT2D eigenvalue weighted by atomic mass is 9.98. The Morgan fingerprint density at radius 2 is 1.95 bits per heavy atom. The summed E-state index contributed by atoms with van der Waals surface area (Å²) < 4.78 is 0. The summed E-state index contributed by atoms with van der Waals surface area (Å²) in [6, 6.07) is 9.49. The highest BCUT2D eigenvalue weighted by molar-refractivity contribution is 8.00. The van der Waals surface area contributed by atoms with Crippen LogP contribution in [0.3, 0.4) is 0 Å². The van der Waals surface area contributed by atoms with Crippen LogP contribution in [0.15, 0.2) is 24.3 Å². The van der Waals surface area contributed by atoms with E-state index >= 15 is 0 Å². The average Bonchev–Trinajstić information content (AvgIpc) is 2.92. The van der Waals surface area contributed by atoms with Crippen molar-refractivity contribution in [2.24, 2.45) is 0 Å². The molecule has 1 aromatic carbocycles. The molecule has 3 heterocycles. The van der Waals surface area contributed by atoms with Crippen molar-refractivity contribution in [1.29, 1.82) is 0 Å². The van der Waals surface area contributed by atoms with Crippen LogP contribution in [0.2, 0.25) is 0 Å². The van der Waals surface area contributed by atoms with Crippen molar-refractivity contribution in [1.82, 2.24) is 10.2 Å². The first kappa shape index (κ1) is 11.9. The quantitative estimate of drug-likeness (QED) is 0.824. The number of fused-ring (bicyclic) bond motifs is 2. The second kappa shape index (κ2) is 4.88. The summed E-state index contributed by atoms with van der Waals surface area (Å²) in [6.45, 7) is 2.57. The Kier molecular flexibility index (Phi) is 3.04. The van der Waals surface area contributed by atoms with Crippen molar-refractivity contribution >= 4 is 23.5 Å². The van der Waals surface area contributed by atoms with Gasteiger partial charge in [0.05, 0.1) is 5.37 Å². The molecule has 19 heavy (non-hydrogen) atoms. The van der Waals surface area contributed by atoms with E-state index in [9.17, 15) is 0 Å². The predicted molar refractivity (Wildman–Crippen MR) is 82.2 cm³/mol. The minimum atomic E-state index is 0.502. The molecular weight excluding hydrogens is 252 g/mol. The molecule has 2 atom stereocenters. The molecule has 1 N–H and O–H groups in total. The van der Waals surface area contributed by atoms with Gasteiger partial charge >= 0.3 is 0 Å². The van der Waals surface area contributed by atoms with Gasteiger partial charge in [-0.2, -0.15) is 0 Å². The van der Waals surface area contributed by atoms with Gasteiger partial charge in [0.2, 0.25) is 0 Å². The van der Waals surface area contributed by atoms with E-state index in [1.807, 2.05) is 0 Å². The Labute approximate surface area is 118 Å². The molecule has 0 saturated carbocycles. The third-order valence-electron chi connectivity index (χ3n) is 4.56. The van der Waals surface area contributed by atoms with Gasteiger partial charge in [0.25, 0.3) is 0 Å². The Morgan fingerprint density at radius 3 is 2.84 bits per heavy atom. The van der Waals surface area contributed by atoms with Crippen molar-refractivity contribution in [3.05, 3.63) is 34.7 Å². The molecule has 100 valence electrons. The van der Waals surface area contributed by atoms with Crippen LogP contribution in [0.5, 0.6) is 0 Å². The highest BCUT2D eigenvalue weighted by Crippen LogP contribution is 2.35. The van der Waals surface area contributed by atoms with Crippen molar-refractivity contribution in [2.75, 3.05) is 18.8 Å². The van der Waals surface area contributed by atoms with Crippen molar-refractivity contribution in [3.63, 3.8) is 0 Å². The Morgan fingerprint density at radius 1 is 1.11 bits per heavy atom. The second-order valence-corrected chi connectivity index (χ2v) is 6.82. The number of thioether (sulfide) groups is 1. The fourth-order valence-electron chi connectivity index (χ4n) is 3.58. The van der Waals surface area contributed by atoms with Gasteiger partial charge in [0, 0.05) is 18.0 Å². The molecule has 0 radical (unpaired) electrons. The predicted octanol–water partition coefficient (Wildman–Crippen LogP) is 1.11. The van der Waals surface area contributed by atoms with Crippen molar-refractivity contribution < 1.29 is 0 Å². The number of piperidine rings is 1. The Balaban J connectivity index is 1.81. The maximum Gasteiger partial charge on any atom is 0.0960 e. The number of nitrogens with one attached hydrogen (secondary N) is 1. The minimum Gasteiger partial charge on any atom is -0.375 e. The maximum absolute atomic E-state index is 3.58. The van der Waals surface area contributed by atoms with Gasteiger partial charge in [-0.3, -0.25) is 4.90 Å². The lowest BCUT2D eigenvalue weighted by Gasteiger charge is -2.33. The molecule has 0 aliphatic carbocycles. The lowest BCUT2D eigenvalue weighted by Crippen LogP contribution is -2.47. The van der Waals surface area contributed by atoms with Gasteiger partial charge in [-0.05, 0) is 41.9 Å². The van der Waals surface area contributed by atoms with Gasteiger partial charge in [-0.25, -0.2) is 0 Å². The van der Waals surface area contributed by atoms with Crippen LogP contribution in [0.25, 0.3) is 11.8 Å². The molecule has 2 nitrogen and oxygen atoms in total. The second-order valence-electron chi connectivity index (χ2n) is 5.68. The largest absolute Gasteiger partial charge is 0.375 e. The van der Waals surface area contributed by atoms with Crippen LogP contribution in [-0.4, -0.2) is 35.2 Å². The number of nitrogens with zero attached hydrogens (tertiary/aromatic N) is 1. The highest BCUT2D eigenvalue weighted by atomic mass is 32.2. The smallest absolute Gasteiger partial charge is 0.0960 e. The summed E-state index contributed by atoms with van der Waals surface area (Å²) >= 11 is 2.07. The molecular formula is C16H20N2S. The summed E-state index contributed by atoms with van der Waals surface area (Å²) in [7, 11) is 0. The molecule has 2 saturated heterocycles. The molecule has 2 unspecified atom stereocenters. The summed E-state index contributed by atoms with van der Waals surface area (Å²) in [6.07, 6.45) is 6.35. The van der Waals surface area contributed by atoms with E-state index in [1.165, 1.54) is 48.5 Å². The molecule has 0 amide bonds. The molecule has 0 spiro atoms. The maximum atomic E-state index is 3.58. The molecule has 3 aliphatic rings. The molecule has 1 aromatic rings. The summed E-state index contributed by atoms with van der Waals surface area (Å²) in [5, 5.41) is 6.92. The van der Waals surface area contributed by atoms with E-state index in [1.54, 1.807) is 5.57 Å². The first-order valence-corrected chi connectivity index (χ1v) is 8.39. The number of benzene rings is 1. The van der Waals surface area contributed by atoms with E-state index in [0.29, 0.717) is 11.4 Å². The van der Waals surface area contributed by atoms with Crippen LogP contribution in [-0.2, 0) is 0 Å². The third-order valence-corrected chi connectivity index (χ3v) is 5.79. The molecule has 0 aromatic heterocycles. The number of hydrogen-bond donors (Lipinski definition) is 1. The molecule has 4 rings (SSSR count). The van der Waals surface area contributed by atoms with E-state index in [0.717, 1.165) is 0 Å². The first-order chi connectivity index (χ1) is 9.43. The molecule has 2 fully saturated rings. The van der Waals surface area contributed by atoms with Crippen LogP contribution in [0.1, 0.15) is 19.3 Å². The van der Waals surface area contributed by atoms with Gasteiger partial charge in [0.1, 0.15) is 0 Å². The van der Waals surface area contributed by atoms with Crippen LogP contribution in [0, 0.1) is 0 Å². The fourth-order valence-corrected chi connectivity index (χ4v) is 4.98. The summed E-state index contributed by atoms with van der Waals surface area (Å²) in [5.74, 6) is 1.25. The van der Waals surface area contributed by atoms with Crippen LogP contribution >= 0.6 is 11.8 Å². The fraction of sp³-hybridized carbons (Fsp3) is 0.500. The zero-order valence-electron chi connectivity index (χ0n) is 11.1. The van der Waals surface area contributed by atoms with E-state index in [-0.39, 0.29) is 0 Å². The van der Waals surface area contributed by atoms with Crippen LogP contribution in [0.4, 0.5) is 0 Å². The van der Waals surface area contributed by atoms with Crippen molar-refractivity contribution in [2.45, 2.75) is 30.7 Å². The monoisotopic (exact) mass is 272 g/mol. The summed E-state index contributed by atoms with van der Waals surface area (Å²) in [4.78, 5) is 2.72. The minimum absolute atomic E-state index is 0.502. The van der Waals surface area contributed by atoms with E-state index in [4.69, 9.17) is 0 Å². The lowest BCUT2D eigenvalue weighted by molar-refractivity contribution is 0.208.